The van der Waals surface area contributed by atoms with Crippen LogP contribution in [0.5, 0.6) is 0 Å². The molecule has 3 nitrogen and oxygen atoms in total. The number of hydrogen-bond acceptors (Lipinski definition) is 4. The lowest BCUT2D eigenvalue weighted by molar-refractivity contribution is -0.144. The van der Waals surface area contributed by atoms with Crippen molar-refractivity contribution in [2.24, 2.45) is 0 Å². The van der Waals surface area contributed by atoms with E-state index in [4.69, 9.17) is 0 Å². The molecule has 1 atom stereocenters. The molecule has 7 heteroatoms. The molecule has 1 aliphatic heterocycles. The third kappa shape index (κ3) is 3.16. The van der Waals surface area contributed by atoms with Crippen molar-refractivity contribution < 1.29 is 13.2 Å². The topological polar surface area (TPSA) is 37.8 Å². The molecule has 4 rings (SSSR count). The summed E-state index contributed by atoms with van der Waals surface area (Å²) in [4.78, 5) is 8.60. The van der Waals surface area contributed by atoms with Crippen LogP contribution < -0.4 is 5.32 Å². The van der Waals surface area contributed by atoms with Gasteiger partial charge in [0.05, 0.1) is 11.6 Å². The quantitative estimate of drug-likeness (QED) is 0.672. The molecule has 2 aromatic carbocycles. The molecule has 0 bridgehead atoms. The van der Waals surface area contributed by atoms with Crippen molar-refractivity contribution in [1.29, 1.82) is 0 Å². The van der Waals surface area contributed by atoms with Crippen LogP contribution in [0.4, 0.5) is 19.0 Å². The van der Waals surface area contributed by atoms with E-state index in [1.54, 1.807) is 36.0 Å². The summed E-state index contributed by atoms with van der Waals surface area (Å²) in [6.07, 6.45) is -3.76. The molecule has 25 heavy (non-hydrogen) atoms. The molecule has 0 saturated heterocycles. The lowest BCUT2D eigenvalue weighted by atomic mass is 10.0. The van der Waals surface area contributed by atoms with Crippen LogP contribution in [0.2, 0.25) is 0 Å². The molecule has 0 amide bonds. The predicted octanol–water partition coefficient (Wildman–Crippen LogP) is 5.30. The van der Waals surface area contributed by atoms with E-state index in [9.17, 15) is 13.2 Å². The maximum atomic E-state index is 13.2. The monoisotopic (exact) mass is 361 g/mol. The molecule has 0 unspecified atom stereocenters. The van der Waals surface area contributed by atoms with Gasteiger partial charge in [-0.2, -0.15) is 13.2 Å². The molecule has 2 heterocycles. The average molecular weight is 361 g/mol. The van der Waals surface area contributed by atoms with Crippen molar-refractivity contribution in [3.05, 3.63) is 59.9 Å². The summed E-state index contributed by atoms with van der Waals surface area (Å²) in [7, 11) is 0. The van der Waals surface area contributed by atoms with Crippen molar-refractivity contribution in [2.45, 2.75) is 23.5 Å². The zero-order valence-corrected chi connectivity index (χ0v) is 13.9. The van der Waals surface area contributed by atoms with Gasteiger partial charge < -0.3 is 5.32 Å². The van der Waals surface area contributed by atoms with Crippen LogP contribution in [0.1, 0.15) is 23.9 Å². The van der Waals surface area contributed by atoms with Crippen molar-refractivity contribution >= 4 is 28.5 Å². The number of hydrogen-bond donors (Lipinski definition) is 1. The van der Waals surface area contributed by atoms with E-state index in [1.807, 2.05) is 24.3 Å². The van der Waals surface area contributed by atoms with Crippen LogP contribution in [-0.4, -0.2) is 15.7 Å². The molecule has 0 radical (unpaired) electrons. The normalized spacial score (nSPS) is 17.3. The summed E-state index contributed by atoms with van der Waals surface area (Å²) >= 11 is 1.76. The molecule has 0 spiro atoms. The Morgan fingerprint density at radius 1 is 1.00 bits per heavy atom. The fraction of sp³-hybridized carbons (Fsp3) is 0.222. The van der Waals surface area contributed by atoms with E-state index in [2.05, 4.69) is 15.3 Å². The lowest BCUT2D eigenvalue weighted by Gasteiger charge is -2.27. The third-order valence-corrected chi connectivity index (χ3v) is 5.25. The van der Waals surface area contributed by atoms with E-state index in [1.165, 1.54) is 0 Å². The Morgan fingerprint density at radius 3 is 2.60 bits per heavy atom. The number of nitrogens with one attached hydrogen (secondary N) is 1. The second kappa shape index (κ2) is 6.22. The van der Waals surface area contributed by atoms with E-state index in [-0.39, 0.29) is 17.4 Å². The Bertz CT molecular complexity index is 927. The SMILES string of the molecule is FC(F)(F)c1nc(N[C@@H]2CCSc3ccccc32)c2ccccc2n1. The Labute approximate surface area is 146 Å². The Hall–Kier alpha value is -2.28. The summed E-state index contributed by atoms with van der Waals surface area (Å²) in [5.41, 5.74) is 1.38. The molecule has 128 valence electrons. The van der Waals surface area contributed by atoms with Crippen molar-refractivity contribution in [1.82, 2.24) is 9.97 Å². The summed E-state index contributed by atoms with van der Waals surface area (Å²) in [6.45, 7) is 0. The minimum atomic E-state index is -4.58. The minimum Gasteiger partial charge on any atom is -0.363 e. The highest BCUT2D eigenvalue weighted by atomic mass is 32.2. The van der Waals surface area contributed by atoms with Gasteiger partial charge in [0, 0.05) is 16.0 Å². The van der Waals surface area contributed by atoms with Gasteiger partial charge in [-0.05, 0) is 30.2 Å². The number of para-hydroxylation sites is 1. The lowest BCUT2D eigenvalue weighted by Crippen LogP contribution is -2.19. The zero-order chi connectivity index (χ0) is 17.4. The first-order valence-corrected chi connectivity index (χ1v) is 8.83. The standard InChI is InChI=1S/C18H14F3N3S/c19-18(20,21)17-23-13-7-3-1-6-12(13)16(24-17)22-14-9-10-25-15-8-4-2-5-11(14)15/h1-8,14H,9-10H2,(H,22,23,24)/t14-/m1/s1. The molecule has 0 aliphatic carbocycles. The minimum absolute atomic E-state index is 0.0724. The van der Waals surface area contributed by atoms with Crippen molar-refractivity contribution in [2.75, 3.05) is 11.1 Å². The first-order chi connectivity index (χ1) is 12.0. The number of fused-ring (bicyclic) bond motifs is 2. The zero-order valence-electron chi connectivity index (χ0n) is 13.0. The second-order valence-corrected chi connectivity index (χ2v) is 6.92. The molecular weight excluding hydrogens is 347 g/mol. The molecule has 0 fully saturated rings. The number of alkyl halides is 3. The number of anilines is 1. The van der Waals surface area contributed by atoms with Crippen LogP contribution in [0.25, 0.3) is 10.9 Å². The summed E-state index contributed by atoms with van der Waals surface area (Å²) < 4.78 is 39.5. The summed E-state index contributed by atoms with van der Waals surface area (Å²) in [5, 5.41) is 3.82. The van der Waals surface area contributed by atoms with Gasteiger partial charge in [0.1, 0.15) is 5.82 Å². The molecule has 3 aromatic rings. The van der Waals surface area contributed by atoms with Gasteiger partial charge >= 0.3 is 6.18 Å². The fourth-order valence-electron chi connectivity index (χ4n) is 2.97. The average Bonchev–Trinajstić information content (AvgIpc) is 2.61. The smallest absolute Gasteiger partial charge is 0.363 e. The first-order valence-electron chi connectivity index (χ1n) is 7.84. The molecule has 0 saturated carbocycles. The number of halogens is 3. The number of nitrogens with zero attached hydrogens (tertiary/aromatic N) is 2. The van der Waals surface area contributed by atoms with Crippen LogP contribution in [0.15, 0.2) is 53.4 Å². The first kappa shape index (κ1) is 16.2. The van der Waals surface area contributed by atoms with E-state index in [0.717, 1.165) is 22.6 Å². The third-order valence-electron chi connectivity index (χ3n) is 4.13. The highest BCUT2D eigenvalue weighted by molar-refractivity contribution is 7.99. The number of rotatable bonds is 2. The molecule has 1 aliphatic rings. The highest BCUT2D eigenvalue weighted by Crippen LogP contribution is 2.39. The van der Waals surface area contributed by atoms with Crippen LogP contribution >= 0.6 is 11.8 Å². The maximum Gasteiger partial charge on any atom is 0.451 e. The summed E-state index contributed by atoms with van der Waals surface area (Å²) in [5.74, 6) is 0.0147. The Balaban J connectivity index is 1.79. The Morgan fingerprint density at radius 2 is 1.76 bits per heavy atom. The van der Waals surface area contributed by atoms with Gasteiger partial charge in [0.2, 0.25) is 5.82 Å². The number of thioether (sulfide) groups is 1. The van der Waals surface area contributed by atoms with Gasteiger partial charge in [0.15, 0.2) is 0 Å². The number of aromatic nitrogens is 2. The second-order valence-electron chi connectivity index (χ2n) is 5.78. The molecule has 1 aromatic heterocycles. The Kier molecular flexibility index (Phi) is 4.03. The maximum absolute atomic E-state index is 13.2. The van der Waals surface area contributed by atoms with E-state index >= 15 is 0 Å². The van der Waals surface area contributed by atoms with Gasteiger partial charge in [-0.25, -0.2) is 9.97 Å². The van der Waals surface area contributed by atoms with Gasteiger partial charge in [0.25, 0.3) is 0 Å². The summed E-state index contributed by atoms with van der Waals surface area (Å²) in [6, 6.07) is 14.6. The van der Waals surface area contributed by atoms with Crippen molar-refractivity contribution in [3.63, 3.8) is 0 Å². The van der Waals surface area contributed by atoms with Crippen molar-refractivity contribution in [3.8, 4) is 0 Å². The van der Waals surface area contributed by atoms with Gasteiger partial charge in [-0.15, -0.1) is 11.8 Å². The predicted molar refractivity (Wildman–Crippen MR) is 92.7 cm³/mol. The van der Waals surface area contributed by atoms with Crippen LogP contribution in [0.3, 0.4) is 0 Å². The fourth-order valence-corrected chi connectivity index (χ4v) is 4.10. The van der Waals surface area contributed by atoms with E-state index in [0.29, 0.717) is 5.39 Å². The highest BCUT2D eigenvalue weighted by Gasteiger charge is 2.36. The molecule has 1 N–H and O–H groups in total. The largest absolute Gasteiger partial charge is 0.451 e. The molecular formula is C18H14F3N3S. The van der Waals surface area contributed by atoms with E-state index < -0.39 is 12.0 Å². The van der Waals surface area contributed by atoms with Gasteiger partial charge in [-0.1, -0.05) is 30.3 Å². The van der Waals surface area contributed by atoms with Crippen LogP contribution in [0, 0.1) is 0 Å². The number of benzene rings is 2. The van der Waals surface area contributed by atoms with Gasteiger partial charge in [-0.3, -0.25) is 0 Å². The van der Waals surface area contributed by atoms with Crippen LogP contribution in [-0.2, 0) is 6.18 Å².